The highest BCUT2D eigenvalue weighted by Gasteiger charge is 2.18. The monoisotopic (exact) mass is 275 g/mol. The number of hydrogen-bond donors (Lipinski definition) is 1. The van der Waals surface area contributed by atoms with Gasteiger partial charge in [-0.3, -0.25) is 0 Å². The predicted octanol–water partition coefficient (Wildman–Crippen LogP) is 4.29. The van der Waals surface area contributed by atoms with Crippen LogP contribution in [0, 0.1) is 0 Å². The molecule has 0 radical (unpaired) electrons. The summed E-state index contributed by atoms with van der Waals surface area (Å²) in [5.74, 6) is 1.03. The molecule has 0 unspecified atom stereocenters. The molecular weight excluding hydrogens is 246 g/mol. The van der Waals surface area contributed by atoms with Gasteiger partial charge in [0.15, 0.2) is 0 Å². The zero-order chi connectivity index (χ0) is 14.4. The van der Waals surface area contributed by atoms with Crippen LogP contribution in [0.25, 0.3) is 0 Å². The van der Waals surface area contributed by atoms with Crippen molar-refractivity contribution in [3.05, 3.63) is 29.8 Å². The topological polar surface area (TPSA) is 21.3 Å². The van der Waals surface area contributed by atoms with Crippen LogP contribution < -0.4 is 10.1 Å². The van der Waals surface area contributed by atoms with E-state index < -0.39 is 0 Å². The van der Waals surface area contributed by atoms with Crippen LogP contribution in [0.2, 0.25) is 0 Å². The predicted molar refractivity (Wildman–Crippen MR) is 85.5 cm³/mol. The fourth-order valence-electron chi connectivity index (χ4n) is 2.94. The van der Waals surface area contributed by atoms with E-state index in [0.29, 0.717) is 6.04 Å². The average Bonchev–Trinajstić information content (AvgIpc) is 2.44. The quantitative estimate of drug-likeness (QED) is 0.810. The van der Waals surface area contributed by atoms with Gasteiger partial charge in [-0.1, -0.05) is 58.2 Å². The second kappa shape index (κ2) is 7.12. The molecule has 0 heterocycles. The maximum atomic E-state index is 5.99. The van der Waals surface area contributed by atoms with Crippen molar-refractivity contribution in [1.82, 2.24) is 5.32 Å². The fourth-order valence-corrected chi connectivity index (χ4v) is 2.94. The molecule has 0 amide bonds. The van der Waals surface area contributed by atoms with Crippen LogP contribution in [0.1, 0.15) is 58.4 Å². The van der Waals surface area contributed by atoms with Gasteiger partial charge >= 0.3 is 0 Å². The van der Waals surface area contributed by atoms with E-state index in [-0.39, 0.29) is 5.41 Å². The third kappa shape index (κ3) is 4.52. The van der Waals surface area contributed by atoms with Crippen molar-refractivity contribution >= 4 is 0 Å². The van der Waals surface area contributed by atoms with E-state index in [1.807, 2.05) is 0 Å². The zero-order valence-electron chi connectivity index (χ0n) is 13.2. The fraction of sp³-hybridized carbons (Fsp3) is 0.667. The summed E-state index contributed by atoms with van der Waals surface area (Å²) in [4.78, 5) is 0. The number of rotatable bonds is 5. The smallest absolute Gasteiger partial charge is 0.123 e. The number of hydrogen-bond acceptors (Lipinski definition) is 2. The number of nitrogens with one attached hydrogen (secondary N) is 1. The van der Waals surface area contributed by atoms with Crippen molar-refractivity contribution in [2.75, 3.05) is 13.2 Å². The summed E-state index contributed by atoms with van der Waals surface area (Å²) in [7, 11) is 0. The minimum atomic E-state index is 0.132. The van der Waals surface area contributed by atoms with Crippen molar-refractivity contribution in [3.63, 3.8) is 0 Å². The average molecular weight is 275 g/mol. The zero-order valence-corrected chi connectivity index (χ0v) is 13.2. The number of ether oxygens (including phenoxy) is 1. The molecule has 0 bridgehead atoms. The summed E-state index contributed by atoms with van der Waals surface area (Å²) in [6.45, 7) is 8.40. The molecule has 112 valence electrons. The van der Waals surface area contributed by atoms with Crippen LogP contribution in [0.4, 0.5) is 0 Å². The highest BCUT2D eigenvalue weighted by Crippen LogP contribution is 2.30. The van der Waals surface area contributed by atoms with Crippen molar-refractivity contribution in [2.45, 2.75) is 64.3 Å². The normalized spacial score (nSPS) is 17.1. The first-order valence-corrected chi connectivity index (χ1v) is 8.03. The Balaban J connectivity index is 1.79. The van der Waals surface area contributed by atoms with Crippen LogP contribution in [0.5, 0.6) is 5.75 Å². The highest BCUT2D eigenvalue weighted by molar-refractivity contribution is 5.38. The van der Waals surface area contributed by atoms with Crippen LogP contribution in [-0.4, -0.2) is 19.2 Å². The van der Waals surface area contributed by atoms with Crippen LogP contribution in [-0.2, 0) is 5.41 Å². The maximum absolute atomic E-state index is 5.99. The summed E-state index contributed by atoms with van der Waals surface area (Å²) in [6, 6.07) is 9.11. The first kappa shape index (κ1) is 15.4. The van der Waals surface area contributed by atoms with Gasteiger partial charge in [0, 0.05) is 12.6 Å². The number of para-hydroxylation sites is 1. The van der Waals surface area contributed by atoms with Crippen molar-refractivity contribution in [2.24, 2.45) is 0 Å². The van der Waals surface area contributed by atoms with Gasteiger partial charge in [-0.05, 0) is 29.9 Å². The van der Waals surface area contributed by atoms with E-state index in [0.717, 1.165) is 18.9 Å². The molecule has 1 aromatic carbocycles. The van der Waals surface area contributed by atoms with E-state index in [9.17, 15) is 0 Å². The molecule has 2 heteroatoms. The Morgan fingerprint density at radius 1 is 1.10 bits per heavy atom. The Morgan fingerprint density at radius 3 is 2.50 bits per heavy atom. The minimum Gasteiger partial charge on any atom is -0.492 e. The number of benzene rings is 1. The van der Waals surface area contributed by atoms with Gasteiger partial charge in [0.1, 0.15) is 12.4 Å². The summed E-state index contributed by atoms with van der Waals surface area (Å²) < 4.78 is 5.99. The summed E-state index contributed by atoms with van der Waals surface area (Å²) in [5.41, 5.74) is 1.42. The van der Waals surface area contributed by atoms with E-state index in [4.69, 9.17) is 4.74 Å². The first-order chi connectivity index (χ1) is 9.57. The van der Waals surface area contributed by atoms with E-state index in [2.05, 4.69) is 50.4 Å². The molecule has 1 aliphatic carbocycles. The molecule has 1 saturated carbocycles. The summed E-state index contributed by atoms with van der Waals surface area (Å²) in [6.07, 6.45) is 6.83. The van der Waals surface area contributed by atoms with Crippen molar-refractivity contribution < 1.29 is 4.74 Å². The second-order valence-electron chi connectivity index (χ2n) is 6.88. The van der Waals surface area contributed by atoms with Gasteiger partial charge in [0.25, 0.3) is 0 Å². The third-order valence-corrected chi connectivity index (χ3v) is 4.09. The Bertz CT molecular complexity index is 402. The van der Waals surface area contributed by atoms with Crippen LogP contribution >= 0.6 is 0 Å². The highest BCUT2D eigenvalue weighted by atomic mass is 16.5. The molecule has 1 fully saturated rings. The van der Waals surface area contributed by atoms with Crippen LogP contribution in [0.15, 0.2) is 24.3 Å². The Morgan fingerprint density at radius 2 is 1.80 bits per heavy atom. The van der Waals surface area contributed by atoms with E-state index in [1.54, 1.807) is 0 Å². The molecule has 0 aromatic heterocycles. The molecule has 2 nitrogen and oxygen atoms in total. The molecule has 2 rings (SSSR count). The van der Waals surface area contributed by atoms with Gasteiger partial charge in [-0.2, -0.15) is 0 Å². The molecule has 1 aliphatic rings. The molecule has 0 atom stereocenters. The van der Waals surface area contributed by atoms with Crippen LogP contribution in [0.3, 0.4) is 0 Å². The summed E-state index contributed by atoms with van der Waals surface area (Å²) in [5, 5.41) is 3.63. The molecule has 20 heavy (non-hydrogen) atoms. The second-order valence-corrected chi connectivity index (χ2v) is 6.88. The molecule has 0 aliphatic heterocycles. The SMILES string of the molecule is CC(C)(C)c1ccccc1OCCNC1CCCCC1. The lowest BCUT2D eigenvalue weighted by Crippen LogP contribution is -2.34. The Hall–Kier alpha value is -1.02. The standard InChI is InChI=1S/C18H29NO/c1-18(2,3)16-11-7-8-12-17(16)20-14-13-19-15-9-5-4-6-10-15/h7-8,11-12,15,19H,4-6,9-10,13-14H2,1-3H3. The third-order valence-electron chi connectivity index (χ3n) is 4.09. The Kier molecular flexibility index (Phi) is 5.47. The van der Waals surface area contributed by atoms with Gasteiger partial charge < -0.3 is 10.1 Å². The maximum Gasteiger partial charge on any atom is 0.123 e. The lowest BCUT2D eigenvalue weighted by molar-refractivity contribution is 0.284. The largest absolute Gasteiger partial charge is 0.492 e. The van der Waals surface area contributed by atoms with Gasteiger partial charge in [0.05, 0.1) is 0 Å². The molecule has 0 spiro atoms. The first-order valence-electron chi connectivity index (χ1n) is 8.03. The summed E-state index contributed by atoms with van der Waals surface area (Å²) >= 11 is 0. The molecular formula is C18H29NO. The molecule has 1 aromatic rings. The van der Waals surface area contributed by atoms with Gasteiger partial charge in [0.2, 0.25) is 0 Å². The van der Waals surface area contributed by atoms with Crippen molar-refractivity contribution in [1.29, 1.82) is 0 Å². The van der Waals surface area contributed by atoms with E-state index >= 15 is 0 Å². The van der Waals surface area contributed by atoms with Gasteiger partial charge in [-0.15, -0.1) is 0 Å². The lowest BCUT2D eigenvalue weighted by atomic mass is 9.86. The minimum absolute atomic E-state index is 0.132. The van der Waals surface area contributed by atoms with Gasteiger partial charge in [-0.25, -0.2) is 0 Å². The van der Waals surface area contributed by atoms with Crippen molar-refractivity contribution in [3.8, 4) is 5.75 Å². The molecule has 0 saturated heterocycles. The van der Waals surface area contributed by atoms with E-state index in [1.165, 1.54) is 37.7 Å². The molecule has 1 N–H and O–H groups in total. The Labute approximate surface area is 123 Å². The lowest BCUT2D eigenvalue weighted by Gasteiger charge is -2.24.